The number of carbonyl (C=O) groups is 3. The van der Waals surface area contributed by atoms with Crippen LogP contribution >= 0.6 is 0 Å². The fraction of sp³-hybridized carbons (Fsp3) is 0.533. The summed E-state index contributed by atoms with van der Waals surface area (Å²) in [5, 5.41) is 8.74. The Balaban J connectivity index is 2.26. The molecule has 0 saturated carbocycles. The number of amides is 1. The average Bonchev–Trinajstić information content (AvgIpc) is 2.77. The van der Waals surface area contributed by atoms with Crippen molar-refractivity contribution in [3.8, 4) is 0 Å². The molecule has 1 aromatic heterocycles. The Hall–Kier alpha value is -2.11. The number of hydrogen-bond donors (Lipinski definition) is 2. The van der Waals surface area contributed by atoms with E-state index in [1.165, 1.54) is 4.90 Å². The molecule has 0 radical (unpaired) electrons. The van der Waals surface area contributed by atoms with E-state index in [1.54, 1.807) is 6.92 Å². The van der Waals surface area contributed by atoms with Gasteiger partial charge in [0, 0.05) is 30.8 Å². The maximum Gasteiger partial charge on any atom is 0.305 e. The summed E-state index contributed by atoms with van der Waals surface area (Å²) in [6.07, 6.45) is 2.01. The fourth-order valence-corrected chi connectivity index (χ4v) is 2.78. The number of ketones is 1. The van der Waals surface area contributed by atoms with Crippen LogP contribution in [0.25, 0.3) is 0 Å². The van der Waals surface area contributed by atoms with Crippen molar-refractivity contribution in [2.45, 2.75) is 39.5 Å². The Morgan fingerprint density at radius 3 is 2.62 bits per heavy atom. The van der Waals surface area contributed by atoms with E-state index in [1.807, 2.05) is 6.92 Å². The second-order valence-electron chi connectivity index (χ2n) is 5.28. The molecule has 1 aliphatic carbocycles. The van der Waals surface area contributed by atoms with Crippen LogP contribution in [-0.2, 0) is 11.2 Å². The Kier molecular flexibility index (Phi) is 4.45. The van der Waals surface area contributed by atoms with Gasteiger partial charge in [-0.25, -0.2) is 0 Å². The smallest absolute Gasteiger partial charge is 0.305 e. The van der Waals surface area contributed by atoms with Crippen LogP contribution in [0, 0.1) is 6.92 Å². The lowest BCUT2D eigenvalue weighted by Gasteiger charge is -2.19. The molecule has 1 heterocycles. The molecule has 0 unspecified atom stereocenters. The van der Waals surface area contributed by atoms with E-state index in [-0.39, 0.29) is 24.7 Å². The van der Waals surface area contributed by atoms with Crippen LogP contribution in [-0.4, -0.2) is 45.7 Å². The maximum absolute atomic E-state index is 12.5. The normalized spacial score (nSPS) is 13.9. The number of fused-ring (bicyclic) bond motifs is 1. The van der Waals surface area contributed by atoms with Gasteiger partial charge in [0.05, 0.1) is 6.42 Å². The van der Waals surface area contributed by atoms with Crippen LogP contribution in [0.1, 0.15) is 58.3 Å². The highest BCUT2D eigenvalue weighted by Gasteiger charge is 2.28. The molecular formula is C15H20N2O4. The highest BCUT2D eigenvalue weighted by molar-refractivity contribution is 6.04. The summed E-state index contributed by atoms with van der Waals surface area (Å²) in [6.45, 7) is 4.19. The van der Waals surface area contributed by atoms with Gasteiger partial charge in [-0.1, -0.05) is 0 Å². The number of nitrogens with zero attached hydrogens (tertiary/aromatic N) is 1. The molecule has 0 spiro atoms. The fourth-order valence-electron chi connectivity index (χ4n) is 2.78. The number of carboxylic acid groups (broad SMARTS) is 1. The average molecular weight is 292 g/mol. The molecule has 1 amide bonds. The van der Waals surface area contributed by atoms with E-state index in [9.17, 15) is 14.4 Å². The van der Waals surface area contributed by atoms with Gasteiger partial charge < -0.3 is 15.0 Å². The molecule has 0 bridgehead atoms. The largest absolute Gasteiger partial charge is 0.481 e. The van der Waals surface area contributed by atoms with Gasteiger partial charge >= 0.3 is 5.97 Å². The van der Waals surface area contributed by atoms with Crippen molar-refractivity contribution in [2.24, 2.45) is 0 Å². The second kappa shape index (κ2) is 6.11. The minimum atomic E-state index is -0.932. The van der Waals surface area contributed by atoms with E-state index < -0.39 is 5.97 Å². The number of aromatic amines is 1. The molecule has 0 aliphatic heterocycles. The predicted molar refractivity (Wildman–Crippen MR) is 76.6 cm³/mol. The number of nitrogens with one attached hydrogen (secondary N) is 1. The standard InChI is InChI=1S/C15H20N2O4/c1-3-17(8-7-12(19)20)15(21)14-9(2)13-10(16-14)5-4-6-11(13)18/h16H,3-8H2,1-2H3,(H,19,20). The van der Waals surface area contributed by atoms with Gasteiger partial charge in [-0.05, 0) is 32.3 Å². The van der Waals surface area contributed by atoms with E-state index in [0.29, 0.717) is 29.8 Å². The molecule has 0 atom stereocenters. The van der Waals surface area contributed by atoms with E-state index in [2.05, 4.69) is 4.98 Å². The van der Waals surface area contributed by atoms with Gasteiger partial charge in [0.25, 0.3) is 5.91 Å². The molecule has 6 nitrogen and oxygen atoms in total. The molecule has 1 aliphatic rings. The summed E-state index contributed by atoms with van der Waals surface area (Å²) in [7, 11) is 0. The molecule has 2 rings (SSSR count). The number of H-pyrrole nitrogens is 1. The molecule has 6 heteroatoms. The van der Waals surface area contributed by atoms with Gasteiger partial charge in [0.2, 0.25) is 0 Å². The first-order valence-corrected chi connectivity index (χ1v) is 7.21. The third-order valence-electron chi connectivity index (χ3n) is 3.92. The van der Waals surface area contributed by atoms with E-state index in [0.717, 1.165) is 18.5 Å². The van der Waals surface area contributed by atoms with Crippen LogP contribution < -0.4 is 0 Å². The molecular weight excluding hydrogens is 272 g/mol. The van der Waals surface area contributed by atoms with Gasteiger partial charge in [-0.15, -0.1) is 0 Å². The third-order valence-corrected chi connectivity index (χ3v) is 3.92. The zero-order valence-electron chi connectivity index (χ0n) is 12.4. The van der Waals surface area contributed by atoms with Gasteiger partial charge in [-0.2, -0.15) is 0 Å². The van der Waals surface area contributed by atoms with Gasteiger partial charge in [0.15, 0.2) is 5.78 Å². The lowest BCUT2D eigenvalue weighted by Crippen LogP contribution is -2.33. The quantitative estimate of drug-likeness (QED) is 0.865. The second-order valence-corrected chi connectivity index (χ2v) is 5.28. The number of aliphatic carboxylic acids is 1. The number of rotatable bonds is 5. The predicted octanol–water partition coefficient (Wildman–Crippen LogP) is 1.78. The van der Waals surface area contributed by atoms with Crippen molar-refractivity contribution in [1.82, 2.24) is 9.88 Å². The Labute approximate surface area is 123 Å². The first-order valence-electron chi connectivity index (χ1n) is 7.21. The minimum absolute atomic E-state index is 0.0811. The summed E-state index contributed by atoms with van der Waals surface area (Å²) in [5.41, 5.74) is 2.59. The Bertz CT molecular complexity index is 589. The van der Waals surface area contributed by atoms with Gasteiger partial charge in [0.1, 0.15) is 5.69 Å². The summed E-state index contributed by atoms with van der Waals surface area (Å²) >= 11 is 0. The number of hydrogen-bond acceptors (Lipinski definition) is 3. The number of carbonyl (C=O) groups excluding carboxylic acids is 2. The van der Waals surface area contributed by atoms with Crippen molar-refractivity contribution in [1.29, 1.82) is 0 Å². The molecule has 21 heavy (non-hydrogen) atoms. The highest BCUT2D eigenvalue weighted by atomic mass is 16.4. The monoisotopic (exact) mass is 292 g/mol. The number of aromatic nitrogens is 1. The van der Waals surface area contributed by atoms with Crippen molar-refractivity contribution >= 4 is 17.7 Å². The van der Waals surface area contributed by atoms with Crippen molar-refractivity contribution in [2.75, 3.05) is 13.1 Å². The van der Waals surface area contributed by atoms with Crippen LogP contribution in [0.2, 0.25) is 0 Å². The SMILES string of the molecule is CCN(CCC(=O)O)C(=O)c1[nH]c2c(c1C)C(=O)CCC2. The number of carboxylic acids is 1. The van der Waals surface area contributed by atoms with Crippen molar-refractivity contribution < 1.29 is 19.5 Å². The number of Topliss-reactive ketones (excluding diaryl/α,β-unsaturated/α-hetero) is 1. The summed E-state index contributed by atoms with van der Waals surface area (Å²) in [4.78, 5) is 39.7. The molecule has 114 valence electrons. The lowest BCUT2D eigenvalue weighted by molar-refractivity contribution is -0.137. The first-order chi connectivity index (χ1) is 9.95. The lowest BCUT2D eigenvalue weighted by atomic mass is 9.94. The molecule has 1 aromatic rings. The third kappa shape index (κ3) is 2.99. The Morgan fingerprint density at radius 2 is 2.05 bits per heavy atom. The zero-order chi connectivity index (χ0) is 15.6. The molecule has 0 fully saturated rings. The molecule has 0 saturated heterocycles. The van der Waals surface area contributed by atoms with Crippen LogP contribution in [0.3, 0.4) is 0 Å². The van der Waals surface area contributed by atoms with Crippen molar-refractivity contribution in [3.05, 3.63) is 22.5 Å². The summed E-state index contributed by atoms with van der Waals surface area (Å²) < 4.78 is 0. The Morgan fingerprint density at radius 1 is 1.33 bits per heavy atom. The van der Waals surface area contributed by atoms with E-state index in [4.69, 9.17) is 5.11 Å². The van der Waals surface area contributed by atoms with Crippen LogP contribution in [0.15, 0.2) is 0 Å². The number of aryl methyl sites for hydroxylation is 1. The molecule has 2 N–H and O–H groups in total. The zero-order valence-corrected chi connectivity index (χ0v) is 12.4. The summed E-state index contributed by atoms with van der Waals surface area (Å²) in [6, 6.07) is 0. The van der Waals surface area contributed by atoms with Crippen LogP contribution in [0.5, 0.6) is 0 Å². The topological polar surface area (TPSA) is 90.5 Å². The van der Waals surface area contributed by atoms with E-state index >= 15 is 0 Å². The summed E-state index contributed by atoms with van der Waals surface area (Å²) in [5.74, 6) is -1.09. The molecule has 0 aromatic carbocycles. The van der Waals surface area contributed by atoms with Gasteiger partial charge in [-0.3, -0.25) is 14.4 Å². The minimum Gasteiger partial charge on any atom is -0.481 e. The van der Waals surface area contributed by atoms with Crippen LogP contribution in [0.4, 0.5) is 0 Å². The van der Waals surface area contributed by atoms with Crippen molar-refractivity contribution in [3.63, 3.8) is 0 Å². The highest BCUT2D eigenvalue weighted by Crippen LogP contribution is 2.27. The maximum atomic E-state index is 12.5. The first kappa shape index (κ1) is 15.3.